The van der Waals surface area contributed by atoms with Crippen molar-refractivity contribution in [1.29, 1.82) is 0 Å². The maximum atomic E-state index is 12.1. The van der Waals surface area contributed by atoms with Crippen LogP contribution in [0.5, 0.6) is 0 Å². The molecule has 1 unspecified atom stereocenters. The van der Waals surface area contributed by atoms with Crippen LogP contribution in [0.3, 0.4) is 0 Å². The monoisotopic (exact) mass is 331 g/mol. The molecule has 24 heavy (non-hydrogen) atoms. The smallest absolute Gasteiger partial charge is 0.407 e. The SMILES string of the molecule is CC(C)[C@H](NC(=O)OC(C)(C)C)C(O)c1c(-c2ccccc2)c1=O. The number of ether oxygens (including phenoxy) is 1. The van der Waals surface area contributed by atoms with Crippen LogP contribution in [-0.4, -0.2) is 22.8 Å². The molecular formula is C19H25NO4. The van der Waals surface area contributed by atoms with Gasteiger partial charge in [0.25, 0.3) is 0 Å². The number of rotatable bonds is 5. The predicted octanol–water partition coefficient (Wildman–Crippen LogP) is 3.17. The Hall–Kier alpha value is -2.14. The van der Waals surface area contributed by atoms with Crippen molar-refractivity contribution in [2.75, 3.05) is 0 Å². The maximum absolute atomic E-state index is 12.1. The van der Waals surface area contributed by atoms with Crippen LogP contribution in [0.4, 0.5) is 4.79 Å². The molecule has 0 aliphatic carbocycles. The first-order valence-corrected chi connectivity index (χ1v) is 8.13. The van der Waals surface area contributed by atoms with E-state index in [9.17, 15) is 14.7 Å². The van der Waals surface area contributed by atoms with Crippen LogP contribution in [0.15, 0.2) is 35.1 Å². The summed E-state index contributed by atoms with van der Waals surface area (Å²) in [6, 6.07) is 8.62. The van der Waals surface area contributed by atoms with E-state index in [1.54, 1.807) is 20.8 Å². The Balaban J connectivity index is 2.15. The van der Waals surface area contributed by atoms with Gasteiger partial charge in [0.1, 0.15) is 11.7 Å². The van der Waals surface area contributed by atoms with E-state index in [0.717, 1.165) is 5.56 Å². The van der Waals surface area contributed by atoms with E-state index in [0.29, 0.717) is 11.1 Å². The number of benzene rings is 1. The molecule has 130 valence electrons. The molecule has 0 aromatic heterocycles. The van der Waals surface area contributed by atoms with E-state index >= 15 is 0 Å². The van der Waals surface area contributed by atoms with Crippen LogP contribution in [0.2, 0.25) is 0 Å². The quantitative estimate of drug-likeness (QED) is 0.882. The first kappa shape index (κ1) is 18.2. The number of carbonyl (C=O) groups is 1. The number of hydrogen-bond acceptors (Lipinski definition) is 4. The van der Waals surface area contributed by atoms with Crippen LogP contribution in [0.1, 0.15) is 46.3 Å². The highest BCUT2D eigenvalue weighted by Gasteiger charge is 2.37. The normalized spacial score (nSPS) is 14.6. The lowest BCUT2D eigenvalue weighted by molar-refractivity contribution is 0.0378. The summed E-state index contributed by atoms with van der Waals surface area (Å²) in [5, 5.41) is 13.3. The summed E-state index contributed by atoms with van der Waals surface area (Å²) in [5.41, 5.74) is 0.929. The second-order valence-electron chi connectivity index (χ2n) is 7.34. The molecule has 0 saturated heterocycles. The largest absolute Gasteiger partial charge is 0.444 e. The van der Waals surface area contributed by atoms with Crippen molar-refractivity contribution in [1.82, 2.24) is 5.32 Å². The van der Waals surface area contributed by atoms with Crippen LogP contribution in [-0.2, 0) is 4.74 Å². The van der Waals surface area contributed by atoms with E-state index in [-0.39, 0.29) is 11.3 Å². The van der Waals surface area contributed by atoms with Crippen LogP contribution in [0, 0.1) is 5.92 Å². The van der Waals surface area contributed by atoms with Gasteiger partial charge in [0.15, 0.2) is 5.43 Å². The third-order valence-corrected chi connectivity index (χ3v) is 3.78. The Morgan fingerprint density at radius 1 is 1.17 bits per heavy atom. The van der Waals surface area contributed by atoms with Crippen molar-refractivity contribution in [2.45, 2.75) is 52.4 Å². The Kier molecular flexibility index (Phi) is 5.13. The van der Waals surface area contributed by atoms with Crippen molar-refractivity contribution in [3.05, 3.63) is 46.1 Å². The molecule has 2 rings (SSSR count). The van der Waals surface area contributed by atoms with Crippen molar-refractivity contribution < 1.29 is 14.6 Å². The number of nitrogens with one attached hydrogen (secondary N) is 1. The Labute approximate surface area is 142 Å². The highest BCUT2D eigenvalue weighted by Crippen LogP contribution is 2.33. The van der Waals surface area contributed by atoms with Crippen molar-refractivity contribution in [3.8, 4) is 11.1 Å². The minimum Gasteiger partial charge on any atom is -0.444 e. The second-order valence-corrected chi connectivity index (χ2v) is 7.34. The number of aliphatic hydroxyl groups excluding tert-OH is 1. The molecule has 0 saturated carbocycles. The molecule has 0 aliphatic rings. The molecule has 0 radical (unpaired) electrons. The lowest BCUT2D eigenvalue weighted by Gasteiger charge is -2.28. The zero-order chi connectivity index (χ0) is 18.1. The molecule has 0 fully saturated rings. The van der Waals surface area contributed by atoms with Gasteiger partial charge in [0.2, 0.25) is 0 Å². The van der Waals surface area contributed by atoms with Gasteiger partial charge in [-0.05, 0) is 32.3 Å². The zero-order valence-corrected chi connectivity index (χ0v) is 14.8. The zero-order valence-electron chi connectivity index (χ0n) is 14.8. The summed E-state index contributed by atoms with van der Waals surface area (Å²) in [6.07, 6.45) is -1.66. The molecule has 0 spiro atoms. The van der Waals surface area contributed by atoms with Gasteiger partial charge in [0, 0.05) is 11.1 Å². The standard InChI is InChI=1S/C19H25NO4/c1-11(2)15(20-18(23)24-19(3,4)5)17(22)14-13(16(14)21)12-9-7-6-8-10-12/h6-11,15,17,22H,1-5H3,(H,20,23)/t15-,17?/m0/s1. The summed E-state index contributed by atoms with van der Waals surface area (Å²) < 4.78 is 5.24. The molecule has 1 amide bonds. The first-order valence-electron chi connectivity index (χ1n) is 8.13. The van der Waals surface area contributed by atoms with Gasteiger partial charge in [-0.2, -0.15) is 0 Å². The van der Waals surface area contributed by atoms with Crippen molar-refractivity contribution in [3.63, 3.8) is 0 Å². The Morgan fingerprint density at radius 3 is 2.25 bits per heavy atom. The molecular weight excluding hydrogens is 306 g/mol. The average molecular weight is 331 g/mol. The summed E-state index contributed by atoms with van der Waals surface area (Å²) in [6.45, 7) is 9.07. The Bertz CT molecular complexity index is 705. The fourth-order valence-electron chi connectivity index (χ4n) is 2.59. The summed E-state index contributed by atoms with van der Waals surface area (Å²) >= 11 is 0. The topological polar surface area (TPSA) is 75.6 Å². The summed E-state index contributed by atoms with van der Waals surface area (Å²) in [5.74, 6) is -0.0644. The molecule has 5 nitrogen and oxygen atoms in total. The molecule has 0 aliphatic heterocycles. The van der Waals surface area contributed by atoms with E-state index < -0.39 is 23.8 Å². The highest BCUT2D eigenvalue weighted by molar-refractivity contribution is 5.77. The maximum Gasteiger partial charge on any atom is 0.407 e. The van der Waals surface area contributed by atoms with E-state index in [2.05, 4.69) is 5.32 Å². The van der Waals surface area contributed by atoms with E-state index in [1.807, 2.05) is 44.2 Å². The number of aliphatic hydroxyl groups is 1. The number of carbonyl (C=O) groups excluding carboxylic acids is 1. The molecule has 2 N–H and O–H groups in total. The molecule has 0 bridgehead atoms. The van der Waals surface area contributed by atoms with Gasteiger partial charge >= 0.3 is 6.09 Å². The van der Waals surface area contributed by atoms with Gasteiger partial charge in [-0.3, -0.25) is 4.79 Å². The molecule has 2 atom stereocenters. The molecule has 5 heteroatoms. The third-order valence-electron chi connectivity index (χ3n) is 3.78. The minimum atomic E-state index is -1.06. The fourth-order valence-corrected chi connectivity index (χ4v) is 2.59. The minimum absolute atomic E-state index is 0.0644. The Morgan fingerprint density at radius 2 is 1.75 bits per heavy atom. The number of alkyl carbamates (subject to hydrolysis) is 1. The highest BCUT2D eigenvalue weighted by atomic mass is 16.6. The van der Waals surface area contributed by atoms with E-state index in [1.165, 1.54) is 0 Å². The molecule has 2 aromatic rings. The summed E-state index contributed by atoms with van der Waals surface area (Å²) in [4.78, 5) is 24.1. The third kappa shape index (κ3) is 4.23. The van der Waals surface area contributed by atoms with Crippen molar-refractivity contribution in [2.24, 2.45) is 5.92 Å². The number of hydrogen-bond donors (Lipinski definition) is 2. The molecule has 2 aromatic carbocycles. The lowest BCUT2D eigenvalue weighted by atomic mass is 9.96. The average Bonchev–Trinajstić information content (AvgIpc) is 3.14. The molecule has 0 heterocycles. The summed E-state index contributed by atoms with van der Waals surface area (Å²) in [7, 11) is 0. The van der Waals surface area contributed by atoms with Crippen LogP contribution in [0.25, 0.3) is 11.1 Å². The van der Waals surface area contributed by atoms with Gasteiger partial charge in [-0.1, -0.05) is 44.2 Å². The predicted molar refractivity (Wildman–Crippen MR) is 93.5 cm³/mol. The lowest BCUT2D eigenvalue weighted by Crippen LogP contribution is -2.45. The second kappa shape index (κ2) is 6.77. The van der Waals surface area contributed by atoms with Crippen LogP contribution >= 0.6 is 0 Å². The number of amides is 1. The van der Waals surface area contributed by atoms with Crippen LogP contribution < -0.4 is 10.7 Å². The first-order chi connectivity index (χ1) is 11.1. The van der Waals surface area contributed by atoms with Gasteiger partial charge in [-0.15, -0.1) is 0 Å². The fraction of sp³-hybridized carbons (Fsp3) is 0.474. The van der Waals surface area contributed by atoms with E-state index in [4.69, 9.17) is 4.74 Å². The van der Waals surface area contributed by atoms with Gasteiger partial charge in [-0.25, -0.2) is 4.79 Å². The van der Waals surface area contributed by atoms with Gasteiger partial charge in [0.05, 0.1) is 6.04 Å². The van der Waals surface area contributed by atoms with Gasteiger partial charge < -0.3 is 15.2 Å². The van der Waals surface area contributed by atoms with Crippen molar-refractivity contribution >= 4 is 6.09 Å².